The summed E-state index contributed by atoms with van der Waals surface area (Å²) in [5.74, 6) is 0. The second kappa shape index (κ2) is 8.35. The number of nitrogens with zero attached hydrogens (tertiary/aromatic N) is 6. The maximum Gasteiger partial charge on any atom is 0.231 e. The highest BCUT2D eigenvalue weighted by molar-refractivity contribution is 7.21. The Kier molecular flexibility index (Phi) is 5.26. The van der Waals surface area contributed by atoms with E-state index in [-0.39, 0.29) is 0 Å². The number of rotatable bonds is 5. The molecular formula is C24H22N6S. The maximum absolute atomic E-state index is 4.51. The highest BCUT2D eigenvalue weighted by Crippen LogP contribution is 2.32. The van der Waals surface area contributed by atoms with Crippen LogP contribution in [0.25, 0.3) is 10.2 Å². The van der Waals surface area contributed by atoms with Crippen LogP contribution in [0, 0.1) is 6.92 Å². The van der Waals surface area contributed by atoms with Gasteiger partial charge in [-0.05, 0) is 86.0 Å². The van der Waals surface area contributed by atoms with Gasteiger partial charge in [0.1, 0.15) is 0 Å². The lowest BCUT2D eigenvalue weighted by Gasteiger charge is -2.16. The number of hydrogen-bond acceptors (Lipinski definition) is 7. The van der Waals surface area contributed by atoms with E-state index in [4.69, 9.17) is 0 Å². The summed E-state index contributed by atoms with van der Waals surface area (Å²) in [6.45, 7) is 6.38. The molecule has 4 aromatic rings. The number of azo groups is 2. The molecule has 0 radical (unpaired) electrons. The molecule has 0 bridgehead atoms. The third kappa shape index (κ3) is 4.22. The van der Waals surface area contributed by atoms with Crippen molar-refractivity contribution in [1.82, 2.24) is 4.98 Å². The van der Waals surface area contributed by atoms with Gasteiger partial charge in [0.25, 0.3) is 0 Å². The van der Waals surface area contributed by atoms with Crippen molar-refractivity contribution in [2.24, 2.45) is 20.5 Å². The second-order valence-corrected chi connectivity index (χ2v) is 8.54. The molecule has 0 N–H and O–H groups in total. The predicted molar refractivity (Wildman–Crippen MR) is 127 cm³/mol. The molecule has 5 rings (SSSR count). The van der Waals surface area contributed by atoms with Gasteiger partial charge in [0.2, 0.25) is 5.13 Å². The van der Waals surface area contributed by atoms with Gasteiger partial charge in [-0.2, -0.15) is 10.2 Å². The molecule has 154 valence electrons. The van der Waals surface area contributed by atoms with Gasteiger partial charge in [0.05, 0.1) is 27.3 Å². The van der Waals surface area contributed by atoms with E-state index in [1.54, 1.807) is 11.3 Å². The zero-order valence-electron chi connectivity index (χ0n) is 17.5. The minimum absolute atomic E-state index is 0.655. The van der Waals surface area contributed by atoms with Crippen LogP contribution in [0.1, 0.15) is 18.1 Å². The Morgan fingerprint density at radius 2 is 1.58 bits per heavy atom. The molecule has 1 aliphatic rings. The number of hydrogen-bond donors (Lipinski definition) is 0. The quantitative estimate of drug-likeness (QED) is 0.305. The predicted octanol–water partition coefficient (Wildman–Crippen LogP) is 7.82. The van der Waals surface area contributed by atoms with E-state index in [0.29, 0.717) is 5.13 Å². The van der Waals surface area contributed by atoms with Crippen molar-refractivity contribution in [3.05, 3.63) is 71.8 Å². The Morgan fingerprint density at radius 1 is 0.871 bits per heavy atom. The van der Waals surface area contributed by atoms with Gasteiger partial charge in [-0.3, -0.25) is 0 Å². The van der Waals surface area contributed by atoms with Crippen LogP contribution in [0.4, 0.5) is 27.9 Å². The SMILES string of the molecule is CCN1CCc2cc(N=Nc3ccc(N=Nc4nc5ccc(C)cc5s4)cc3)ccc21. The first-order chi connectivity index (χ1) is 15.2. The molecule has 3 aromatic carbocycles. The molecule has 0 fully saturated rings. The van der Waals surface area contributed by atoms with E-state index < -0.39 is 0 Å². The van der Waals surface area contributed by atoms with Crippen molar-refractivity contribution < 1.29 is 0 Å². The third-order valence-electron chi connectivity index (χ3n) is 5.35. The van der Waals surface area contributed by atoms with Gasteiger partial charge >= 0.3 is 0 Å². The summed E-state index contributed by atoms with van der Waals surface area (Å²) >= 11 is 1.54. The molecule has 7 heteroatoms. The summed E-state index contributed by atoms with van der Waals surface area (Å²) in [6.07, 6.45) is 1.07. The van der Waals surface area contributed by atoms with Crippen LogP contribution in [-0.4, -0.2) is 18.1 Å². The van der Waals surface area contributed by atoms with E-state index >= 15 is 0 Å². The molecule has 0 saturated carbocycles. The summed E-state index contributed by atoms with van der Waals surface area (Å²) in [5, 5.41) is 18.0. The molecular weight excluding hydrogens is 404 g/mol. The van der Waals surface area contributed by atoms with Crippen LogP contribution in [0.3, 0.4) is 0 Å². The second-order valence-electron chi connectivity index (χ2n) is 7.53. The number of likely N-dealkylation sites (N-methyl/N-ethyl adjacent to an activating group) is 1. The topological polar surface area (TPSA) is 65.6 Å². The summed E-state index contributed by atoms with van der Waals surface area (Å²) in [5.41, 5.74) is 7.25. The number of aryl methyl sites for hydroxylation is 1. The summed E-state index contributed by atoms with van der Waals surface area (Å²) in [6, 6.07) is 20.1. The standard InChI is InChI=1S/C24H22N6S/c1-3-30-13-12-17-15-20(9-11-22(17)30)28-26-18-5-7-19(8-6-18)27-29-24-25-21-10-4-16(2)14-23(21)31-24/h4-11,14-15H,3,12-13H2,1-2H3. The number of anilines is 1. The molecule has 2 heterocycles. The molecule has 6 nitrogen and oxygen atoms in total. The minimum atomic E-state index is 0.655. The van der Waals surface area contributed by atoms with Gasteiger partial charge < -0.3 is 4.90 Å². The molecule has 1 aliphatic heterocycles. The van der Waals surface area contributed by atoms with E-state index in [2.05, 4.69) is 68.5 Å². The van der Waals surface area contributed by atoms with Crippen molar-refractivity contribution in [2.45, 2.75) is 20.3 Å². The monoisotopic (exact) mass is 426 g/mol. The number of benzene rings is 3. The van der Waals surface area contributed by atoms with Crippen molar-refractivity contribution in [2.75, 3.05) is 18.0 Å². The number of fused-ring (bicyclic) bond motifs is 2. The Morgan fingerprint density at radius 3 is 2.35 bits per heavy atom. The van der Waals surface area contributed by atoms with Gasteiger partial charge in [0, 0.05) is 18.8 Å². The number of aromatic nitrogens is 1. The molecule has 0 amide bonds. The first-order valence-electron chi connectivity index (χ1n) is 10.4. The minimum Gasteiger partial charge on any atom is -0.371 e. The van der Waals surface area contributed by atoms with Crippen LogP contribution in [-0.2, 0) is 6.42 Å². The fourth-order valence-corrected chi connectivity index (χ4v) is 4.60. The van der Waals surface area contributed by atoms with Crippen molar-refractivity contribution >= 4 is 49.4 Å². The molecule has 1 aromatic heterocycles. The van der Waals surface area contributed by atoms with Crippen LogP contribution < -0.4 is 4.90 Å². The van der Waals surface area contributed by atoms with Crippen molar-refractivity contribution in [3.63, 3.8) is 0 Å². The summed E-state index contributed by atoms with van der Waals surface area (Å²) in [7, 11) is 0. The average Bonchev–Trinajstić information content (AvgIpc) is 3.39. The van der Waals surface area contributed by atoms with Gasteiger partial charge in [-0.25, -0.2) is 4.98 Å². The highest BCUT2D eigenvalue weighted by Gasteiger charge is 2.17. The van der Waals surface area contributed by atoms with Gasteiger partial charge in [-0.15, -0.1) is 10.2 Å². The van der Waals surface area contributed by atoms with E-state index in [0.717, 1.165) is 46.8 Å². The van der Waals surface area contributed by atoms with Gasteiger partial charge in [-0.1, -0.05) is 17.4 Å². The van der Waals surface area contributed by atoms with Crippen molar-refractivity contribution in [3.8, 4) is 0 Å². The molecule has 0 atom stereocenters. The zero-order valence-corrected chi connectivity index (χ0v) is 18.3. The maximum atomic E-state index is 4.51. The largest absolute Gasteiger partial charge is 0.371 e. The van der Waals surface area contributed by atoms with Crippen molar-refractivity contribution in [1.29, 1.82) is 0 Å². The molecule has 31 heavy (non-hydrogen) atoms. The Bertz CT molecular complexity index is 1290. The Labute approximate surface area is 185 Å². The normalized spacial score (nSPS) is 13.7. The van der Waals surface area contributed by atoms with Crippen LogP contribution in [0.5, 0.6) is 0 Å². The summed E-state index contributed by atoms with van der Waals surface area (Å²) in [4.78, 5) is 6.89. The Balaban J connectivity index is 1.27. The van der Waals surface area contributed by atoms with Crippen LogP contribution in [0.15, 0.2) is 81.1 Å². The van der Waals surface area contributed by atoms with E-state index in [1.807, 2.05) is 36.4 Å². The lowest BCUT2D eigenvalue weighted by atomic mass is 10.1. The first kappa shape index (κ1) is 19.5. The smallest absolute Gasteiger partial charge is 0.231 e. The molecule has 0 aliphatic carbocycles. The van der Waals surface area contributed by atoms with E-state index in [9.17, 15) is 0 Å². The molecule has 0 unspecified atom stereocenters. The van der Waals surface area contributed by atoms with Crippen LogP contribution >= 0.6 is 11.3 Å². The third-order valence-corrected chi connectivity index (χ3v) is 6.25. The van der Waals surface area contributed by atoms with Crippen LogP contribution in [0.2, 0.25) is 0 Å². The van der Waals surface area contributed by atoms with Gasteiger partial charge in [0.15, 0.2) is 0 Å². The summed E-state index contributed by atoms with van der Waals surface area (Å²) < 4.78 is 1.12. The average molecular weight is 427 g/mol. The Hall–Kier alpha value is -3.45. The fraction of sp³-hybridized carbons (Fsp3) is 0.208. The molecule has 0 saturated heterocycles. The lowest BCUT2D eigenvalue weighted by molar-refractivity contribution is 0.868. The number of thiazole rings is 1. The first-order valence-corrected chi connectivity index (χ1v) is 11.2. The zero-order chi connectivity index (χ0) is 21.2. The van der Waals surface area contributed by atoms with E-state index in [1.165, 1.54) is 16.8 Å². The lowest BCUT2D eigenvalue weighted by Crippen LogP contribution is -2.18. The fourth-order valence-electron chi connectivity index (χ4n) is 3.71. The highest BCUT2D eigenvalue weighted by atomic mass is 32.1. The molecule has 0 spiro atoms.